The summed E-state index contributed by atoms with van der Waals surface area (Å²) in [5.74, 6) is 0. The third-order valence-electron chi connectivity index (χ3n) is 3.18. The molecule has 4 heteroatoms. The van der Waals surface area contributed by atoms with Crippen LogP contribution in [0, 0.1) is 0 Å². The minimum Gasteiger partial charge on any atom is -0.370 e. The van der Waals surface area contributed by atoms with Crippen molar-refractivity contribution in [1.29, 1.82) is 0 Å². The maximum absolute atomic E-state index is 5.63. The van der Waals surface area contributed by atoms with Gasteiger partial charge in [0.05, 0.1) is 5.69 Å². The number of hydrogen-bond donors (Lipinski definition) is 1. The Kier molecular flexibility index (Phi) is 3.41. The van der Waals surface area contributed by atoms with Gasteiger partial charge in [-0.1, -0.05) is 30.3 Å². The highest BCUT2D eigenvalue weighted by Crippen LogP contribution is 2.31. The van der Waals surface area contributed by atoms with E-state index in [0.717, 1.165) is 24.5 Å². The van der Waals surface area contributed by atoms with Crippen molar-refractivity contribution in [2.45, 2.75) is 19.1 Å². The maximum atomic E-state index is 5.63. The van der Waals surface area contributed by atoms with Gasteiger partial charge in [-0.3, -0.25) is 0 Å². The van der Waals surface area contributed by atoms with Crippen LogP contribution in [0.25, 0.3) is 0 Å². The predicted molar refractivity (Wildman–Crippen MR) is 72.8 cm³/mol. The molecule has 1 aliphatic heterocycles. The smallest absolute Gasteiger partial charge is 0.134 e. The van der Waals surface area contributed by atoms with Crippen molar-refractivity contribution in [2.75, 3.05) is 13.7 Å². The number of nitrogens with one attached hydrogen (secondary N) is 1. The molecule has 0 fully saturated rings. The van der Waals surface area contributed by atoms with E-state index in [-0.39, 0.29) is 6.10 Å². The Morgan fingerprint density at radius 2 is 2.17 bits per heavy atom. The zero-order valence-corrected chi connectivity index (χ0v) is 11.2. The molecule has 1 aromatic carbocycles. The number of rotatable bonds is 3. The number of thiazole rings is 1. The molecule has 0 saturated heterocycles. The van der Waals surface area contributed by atoms with Crippen LogP contribution in [0.2, 0.25) is 0 Å². The molecule has 0 spiro atoms. The summed E-state index contributed by atoms with van der Waals surface area (Å²) in [7, 11) is 1.75. The molecule has 94 valence electrons. The lowest BCUT2D eigenvalue weighted by Gasteiger charge is -2.12. The molecule has 3 nitrogen and oxygen atoms in total. The molecular weight excluding hydrogens is 244 g/mol. The summed E-state index contributed by atoms with van der Waals surface area (Å²) < 4.78 is 5.63. The first kappa shape index (κ1) is 11.8. The molecule has 18 heavy (non-hydrogen) atoms. The largest absolute Gasteiger partial charge is 0.370 e. The van der Waals surface area contributed by atoms with Crippen LogP contribution in [-0.2, 0) is 17.7 Å². The Morgan fingerprint density at radius 1 is 1.33 bits per heavy atom. The van der Waals surface area contributed by atoms with Crippen molar-refractivity contribution in [1.82, 2.24) is 10.3 Å². The second-order valence-electron chi connectivity index (χ2n) is 4.38. The lowest BCUT2D eigenvalue weighted by atomic mass is 10.1. The zero-order valence-electron chi connectivity index (χ0n) is 10.3. The maximum Gasteiger partial charge on any atom is 0.134 e. The van der Waals surface area contributed by atoms with Crippen molar-refractivity contribution in [3.8, 4) is 0 Å². The van der Waals surface area contributed by atoms with Crippen LogP contribution >= 0.6 is 11.3 Å². The summed E-state index contributed by atoms with van der Waals surface area (Å²) >= 11 is 1.76. The SMILES string of the molecule is COC(c1ccccc1)c1nc2c(s1)CNCC2. The first-order chi connectivity index (χ1) is 8.88. The normalized spacial score (nSPS) is 16.3. The van der Waals surface area contributed by atoms with Gasteiger partial charge in [0, 0.05) is 31.5 Å². The van der Waals surface area contributed by atoms with E-state index in [4.69, 9.17) is 9.72 Å². The molecule has 1 aliphatic rings. The van der Waals surface area contributed by atoms with Crippen molar-refractivity contribution < 1.29 is 4.74 Å². The average Bonchev–Trinajstić information content (AvgIpc) is 2.84. The Morgan fingerprint density at radius 3 is 2.89 bits per heavy atom. The summed E-state index contributed by atoms with van der Waals surface area (Å²) in [5.41, 5.74) is 2.41. The third-order valence-corrected chi connectivity index (χ3v) is 4.32. The number of ether oxygens (including phenoxy) is 1. The number of hydrogen-bond acceptors (Lipinski definition) is 4. The van der Waals surface area contributed by atoms with E-state index in [2.05, 4.69) is 17.4 Å². The van der Waals surface area contributed by atoms with Crippen LogP contribution in [0.1, 0.15) is 27.2 Å². The molecule has 1 atom stereocenters. The number of fused-ring (bicyclic) bond motifs is 1. The molecule has 0 radical (unpaired) electrons. The summed E-state index contributed by atoms with van der Waals surface area (Å²) in [4.78, 5) is 6.11. The van der Waals surface area contributed by atoms with Gasteiger partial charge in [0.1, 0.15) is 11.1 Å². The molecule has 1 aromatic heterocycles. The standard InChI is InChI=1S/C14H16N2OS/c1-17-13(10-5-3-2-4-6-10)14-16-11-7-8-15-9-12(11)18-14/h2-6,13,15H,7-9H2,1H3. The first-order valence-electron chi connectivity index (χ1n) is 6.15. The fourth-order valence-corrected chi connectivity index (χ4v) is 3.45. The van der Waals surface area contributed by atoms with Crippen LogP contribution in [0.15, 0.2) is 30.3 Å². The highest BCUT2D eigenvalue weighted by Gasteiger charge is 2.21. The fourth-order valence-electron chi connectivity index (χ4n) is 2.26. The van der Waals surface area contributed by atoms with E-state index < -0.39 is 0 Å². The summed E-state index contributed by atoms with van der Waals surface area (Å²) in [5, 5.41) is 4.45. The lowest BCUT2D eigenvalue weighted by molar-refractivity contribution is 0.136. The molecular formula is C14H16N2OS. The van der Waals surface area contributed by atoms with Gasteiger partial charge < -0.3 is 10.1 Å². The van der Waals surface area contributed by atoms with E-state index in [1.807, 2.05) is 18.2 Å². The Bertz CT molecular complexity index is 500. The monoisotopic (exact) mass is 260 g/mol. The quantitative estimate of drug-likeness (QED) is 0.921. The molecule has 1 N–H and O–H groups in total. The average molecular weight is 260 g/mol. The van der Waals surface area contributed by atoms with Gasteiger partial charge in [-0.15, -0.1) is 11.3 Å². The minimum atomic E-state index is -0.0400. The zero-order chi connectivity index (χ0) is 12.4. The molecule has 2 heterocycles. The van der Waals surface area contributed by atoms with E-state index in [9.17, 15) is 0 Å². The molecule has 0 aliphatic carbocycles. The first-order valence-corrected chi connectivity index (χ1v) is 6.97. The van der Waals surface area contributed by atoms with Gasteiger partial charge in [-0.2, -0.15) is 0 Å². The third kappa shape index (κ3) is 2.19. The lowest BCUT2D eigenvalue weighted by Crippen LogP contribution is -2.22. The van der Waals surface area contributed by atoms with Crippen molar-refractivity contribution in [3.63, 3.8) is 0 Å². The van der Waals surface area contributed by atoms with Crippen molar-refractivity contribution >= 4 is 11.3 Å². The molecule has 3 rings (SSSR count). The van der Waals surface area contributed by atoms with Crippen LogP contribution in [0.4, 0.5) is 0 Å². The van der Waals surface area contributed by atoms with E-state index in [0.29, 0.717) is 0 Å². The number of aromatic nitrogens is 1. The van der Waals surface area contributed by atoms with Crippen LogP contribution in [-0.4, -0.2) is 18.6 Å². The topological polar surface area (TPSA) is 34.1 Å². The Labute approximate surface area is 111 Å². The van der Waals surface area contributed by atoms with Crippen LogP contribution < -0.4 is 5.32 Å². The molecule has 2 aromatic rings. The molecule has 1 unspecified atom stereocenters. The summed E-state index contributed by atoms with van der Waals surface area (Å²) in [6, 6.07) is 10.3. The van der Waals surface area contributed by atoms with E-state index in [1.54, 1.807) is 18.4 Å². The van der Waals surface area contributed by atoms with Crippen LogP contribution in [0.5, 0.6) is 0 Å². The number of benzene rings is 1. The van der Waals surface area contributed by atoms with Crippen LogP contribution in [0.3, 0.4) is 0 Å². The molecule has 0 amide bonds. The second kappa shape index (κ2) is 5.18. The highest BCUT2D eigenvalue weighted by atomic mass is 32.1. The van der Waals surface area contributed by atoms with Gasteiger partial charge >= 0.3 is 0 Å². The number of methoxy groups -OCH3 is 1. The number of nitrogens with zero attached hydrogens (tertiary/aromatic N) is 1. The Hall–Kier alpha value is -1.23. The second-order valence-corrected chi connectivity index (χ2v) is 5.49. The summed E-state index contributed by atoms with van der Waals surface area (Å²) in [6.07, 6.45) is 0.985. The van der Waals surface area contributed by atoms with Gasteiger partial charge in [0.25, 0.3) is 0 Å². The fraction of sp³-hybridized carbons (Fsp3) is 0.357. The minimum absolute atomic E-state index is 0.0400. The Balaban J connectivity index is 1.94. The van der Waals surface area contributed by atoms with E-state index in [1.165, 1.54) is 16.1 Å². The highest BCUT2D eigenvalue weighted by molar-refractivity contribution is 7.11. The van der Waals surface area contributed by atoms with Gasteiger partial charge in [-0.25, -0.2) is 4.98 Å². The van der Waals surface area contributed by atoms with Gasteiger partial charge in [0.15, 0.2) is 0 Å². The van der Waals surface area contributed by atoms with E-state index >= 15 is 0 Å². The molecule has 0 bridgehead atoms. The predicted octanol–water partition coefficient (Wildman–Crippen LogP) is 2.52. The van der Waals surface area contributed by atoms with Gasteiger partial charge in [-0.05, 0) is 5.56 Å². The van der Waals surface area contributed by atoms with Crippen molar-refractivity contribution in [2.24, 2.45) is 0 Å². The van der Waals surface area contributed by atoms with Gasteiger partial charge in [0.2, 0.25) is 0 Å². The molecule has 0 saturated carbocycles. The van der Waals surface area contributed by atoms with Crippen molar-refractivity contribution in [3.05, 3.63) is 51.5 Å². The summed E-state index contributed by atoms with van der Waals surface area (Å²) in [6.45, 7) is 1.97.